The Bertz CT molecular complexity index is 1470. The van der Waals surface area contributed by atoms with Crippen LogP contribution in [0.15, 0.2) is 12.2 Å². The summed E-state index contributed by atoms with van der Waals surface area (Å²) < 4.78 is 19.0. The Morgan fingerprint density at radius 3 is 2.08 bits per heavy atom. The fourth-order valence-corrected chi connectivity index (χ4v) is 2.43. The van der Waals surface area contributed by atoms with Crippen molar-refractivity contribution in [3.8, 4) is 107 Å². The van der Waals surface area contributed by atoms with Crippen molar-refractivity contribution < 1.29 is 73.1 Å². The van der Waals surface area contributed by atoms with Gasteiger partial charge < -0.3 is 24.6 Å². The SMILES string of the molecule is C#CC#CC#CC#CC#CC#CC#CC#CC#COC(=O)CC1(O)COC/C=C\C(SOO[O-])C(=O)OC1.[Na+]. The third-order valence-corrected chi connectivity index (χ3v) is 4.11. The van der Waals surface area contributed by atoms with Crippen molar-refractivity contribution in [2.75, 3.05) is 19.8 Å². The molecule has 0 radical (unpaired) electrons. The minimum absolute atomic E-state index is 0. The fraction of sp³-hybridized carbons (Fsp3) is 0.214. The Hall–Kier alpha value is -4.13. The Balaban J connectivity index is 0.0000144. The summed E-state index contributed by atoms with van der Waals surface area (Å²) >= 11 is 0.392. The van der Waals surface area contributed by atoms with E-state index in [4.69, 9.17) is 15.9 Å². The standard InChI is InChI=1S/C28H14O9S.Na/c1-2-3-4-5-6-7-8-9-10-11-12-13-14-15-16-17-21-34-26(29)22-28(31)23-33-20-18-19-25(38-37-36-32)27(30)35-24-28;/h1,18-19,25,31-32H,20,22-24H2;/q;+1/p-1/b19-18-;. The van der Waals surface area contributed by atoms with Gasteiger partial charge in [0.1, 0.15) is 23.6 Å². The number of hydrogen-bond acceptors (Lipinski definition) is 10. The van der Waals surface area contributed by atoms with Crippen LogP contribution >= 0.6 is 12.0 Å². The summed E-state index contributed by atoms with van der Waals surface area (Å²) in [4.78, 5) is 24.1. The number of aliphatic hydroxyl groups is 1. The Morgan fingerprint density at radius 2 is 1.54 bits per heavy atom. The largest absolute Gasteiger partial charge is 1.00 e. The van der Waals surface area contributed by atoms with Gasteiger partial charge in [0.15, 0.2) is 0 Å². The molecule has 0 aliphatic carbocycles. The molecule has 0 aromatic heterocycles. The molecule has 0 bridgehead atoms. The van der Waals surface area contributed by atoms with Gasteiger partial charge in [0.05, 0.1) is 31.7 Å². The van der Waals surface area contributed by atoms with Crippen LogP contribution in [0.3, 0.4) is 0 Å². The van der Waals surface area contributed by atoms with Crippen LogP contribution in [0.4, 0.5) is 0 Å². The number of ether oxygens (including phenoxy) is 3. The van der Waals surface area contributed by atoms with Gasteiger partial charge in [0.25, 0.3) is 0 Å². The monoisotopic (exact) mass is 548 g/mol. The predicted octanol–water partition coefficient (Wildman–Crippen LogP) is -4.36. The molecule has 2 atom stereocenters. The van der Waals surface area contributed by atoms with E-state index in [1.807, 2.05) is 0 Å². The normalized spacial score (nSPS) is 17.1. The van der Waals surface area contributed by atoms with Crippen molar-refractivity contribution in [1.82, 2.24) is 0 Å². The van der Waals surface area contributed by atoms with Crippen molar-refractivity contribution in [2.45, 2.75) is 17.3 Å². The second-order valence-corrected chi connectivity index (χ2v) is 7.04. The van der Waals surface area contributed by atoms with E-state index in [1.54, 1.807) is 0 Å². The molecule has 39 heavy (non-hydrogen) atoms. The van der Waals surface area contributed by atoms with Gasteiger partial charge in [0, 0.05) is 47.4 Å². The van der Waals surface area contributed by atoms with Gasteiger partial charge in [-0.2, -0.15) is 4.33 Å². The molecule has 9 nitrogen and oxygen atoms in total. The number of carbonyl (C=O) groups excluding carboxylic acids is 2. The number of cyclic esters (lactones) is 1. The van der Waals surface area contributed by atoms with Crippen LogP contribution in [0.5, 0.6) is 0 Å². The molecule has 2 unspecified atom stereocenters. The van der Waals surface area contributed by atoms with Crippen molar-refractivity contribution in [3.05, 3.63) is 12.2 Å². The summed E-state index contributed by atoms with van der Waals surface area (Å²) in [6.45, 7) is -0.933. The summed E-state index contributed by atoms with van der Waals surface area (Å²) in [5.74, 6) is 36.2. The molecule has 0 spiro atoms. The molecule has 0 saturated heterocycles. The fourth-order valence-electron chi connectivity index (χ4n) is 1.99. The van der Waals surface area contributed by atoms with Crippen molar-refractivity contribution in [1.29, 1.82) is 0 Å². The van der Waals surface area contributed by atoms with E-state index < -0.39 is 35.8 Å². The first-order valence-corrected chi connectivity index (χ1v) is 10.7. The average Bonchev–Trinajstić information content (AvgIpc) is 2.90. The maximum Gasteiger partial charge on any atom is 1.00 e. The number of hydrogen-bond donors (Lipinski definition) is 1. The van der Waals surface area contributed by atoms with E-state index in [1.165, 1.54) is 12.2 Å². The second-order valence-electron chi connectivity index (χ2n) is 6.20. The second kappa shape index (κ2) is 23.0. The van der Waals surface area contributed by atoms with Gasteiger partial charge in [0.2, 0.25) is 0 Å². The first-order valence-electron chi connectivity index (χ1n) is 9.91. The zero-order chi connectivity index (χ0) is 27.7. The van der Waals surface area contributed by atoms with E-state index in [2.05, 4.69) is 115 Å². The molecule has 11 heteroatoms. The molecule has 0 saturated carbocycles. The smallest absolute Gasteiger partial charge is 0.691 e. The minimum Gasteiger partial charge on any atom is -0.691 e. The molecule has 0 aromatic carbocycles. The van der Waals surface area contributed by atoms with Gasteiger partial charge >= 0.3 is 41.5 Å². The molecule has 1 rings (SSSR count). The summed E-state index contributed by atoms with van der Waals surface area (Å²) in [6.07, 6.45) is 9.17. The van der Waals surface area contributed by atoms with Gasteiger partial charge in [-0.1, -0.05) is 12.2 Å². The van der Waals surface area contributed by atoms with Crippen molar-refractivity contribution >= 4 is 24.0 Å². The molecule has 0 amide bonds. The molecule has 0 aromatic rings. The van der Waals surface area contributed by atoms with Crippen molar-refractivity contribution in [3.63, 3.8) is 0 Å². The van der Waals surface area contributed by atoms with Crippen LogP contribution in [0.25, 0.3) is 0 Å². The molecule has 1 heterocycles. The first-order chi connectivity index (χ1) is 18.5. The van der Waals surface area contributed by atoms with Gasteiger partial charge in [-0.3, -0.25) is 14.6 Å². The van der Waals surface area contributed by atoms with Gasteiger partial charge in [-0.25, -0.2) is 0 Å². The minimum atomic E-state index is -1.89. The zero-order valence-corrected chi connectivity index (χ0v) is 23.1. The van der Waals surface area contributed by atoms with Gasteiger partial charge in [-0.15, -0.1) is 6.42 Å². The summed E-state index contributed by atoms with van der Waals surface area (Å²) in [6, 6.07) is 0. The van der Waals surface area contributed by atoms with E-state index in [0.29, 0.717) is 12.0 Å². The maximum absolute atomic E-state index is 12.1. The number of carbonyl (C=O) groups is 2. The zero-order valence-electron chi connectivity index (χ0n) is 20.3. The van der Waals surface area contributed by atoms with Crippen molar-refractivity contribution in [2.24, 2.45) is 0 Å². The number of terminal acetylenes is 1. The van der Waals surface area contributed by atoms with Crippen LogP contribution in [0.2, 0.25) is 0 Å². The summed E-state index contributed by atoms with van der Waals surface area (Å²) in [5.41, 5.74) is -1.89. The third-order valence-electron chi connectivity index (χ3n) is 3.42. The van der Waals surface area contributed by atoms with E-state index in [9.17, 15) is 20.0 Å². The van der Waals surface area contributed by atoms with Crippen LogP contribution in [0.1, 0.15) is 6.42 Å². The Morgan fingerprint density at radius 1 is 1.00 bits per heavy atom. The van der Waals surface area contributed by atoms with E-state index >= 15 is 0 Å². The quantitative estimate of drug-likeness (QED) is 0.0686. The van der Waals surface area contributed by atoms with Gasteiger partial charge in [-0.05, 0) is 47.4 Å². The molecule has 1 aliphatic rings. The third kappa shape index (κ3) is 18.7. The number of rotatable bonds is 5. The van der Waals surface area contributed by atoms with Crippen LogP contribution < -0.4 is 34.8 Å². The van der Waals surface area contributed by atoms with Crippen LogP contribution in [-0.4, -0.2) is 47.7 Å². The maximum atomic E-state index is 12.1. The molecule has 1 N–H and O–H groups in total. The molecule has 0 fully saturated rings. The molecule has 1 aliphatic heterocycles. The first kappa shape index (κ1) is 34.9. The molecular formula is C28H13NaO9S. The topological polar surface area (TPSA) is 124 Å². The molecule has 186 valence electrons. The van der Waals surface area contributed by atoms with E-state index in [-0.39, 0.29) is 42.8 Å². The summed E-state index contributed by atoms with van der Waals surface area (Å²) in [5, 5.41) is 22.7. The van der Waals surface area contributed by atoms with Crippen LogP contribution in [0, 0.1) is 107 Å². The number of esters is 2. The Kier molecular flexibility index (Phi) is 20.6. The van der Waals surface area contributed by atoms with Crippen LogP contribution in [-0.2, 0) is 33.2 Å². The van der Waals surface area contributed by atoms with E-state index in [0.717, 1.165) is 0 Å². The Labute approximate surface area is 252 Å². The summed E-state index contributed by atoms with van der Waals surface area (Å²) in [7, 11) is 0. The molecular weight excluding hydrogens is 535 g/mol. The predicted molar refractivity (Wildman–Crippen MR) is 131 cm³/mol. The average molecular weight is 548 g/mol.